The van der Waals surface area contributed by atoms with Gasteiger partial charge in [0.05, 0.1) is 12.2 Å². The first-order chi connectivity index (χ1) is 13.8. The Bertz CT molecular complexity index is 638. The molecule has 0 spiro atoms. The Morgan fingerprint density at radius 2 is 1.69 bits per heavy atom. The number of hydrogen-bond acceptors (Lipinski definition) is 4. The van der Waals surface area contributed by atoms with Crippen molar-refractivity contribution in [3.05, 3.63) is 46.1 Å². The van der Waals surface area contributed by atoms with Crippen LogP contribution in [0.25, 0.3) is 0 Å². The summed E-state index contributed by atoms with van der Waals surface area (Å²) in [5.74, 6) is 1.80. The van der Waals surface area contributed by atoms with Crippen molar-refractivity contribution in [2.24, 2.45) is 0 Å². The van der Waals surface area contributed by atoms with Crippen molar-refractivity contribution in [3.8, 4) is 11.5 Å². The van der Waals surface area contributed by atoms with Gasteiger partial charge < -0.3 is 9.47 Å². The molecule has 0 saturated heterocycles. The van der Waals surface area contributed by atoms with Crippen LogP contribution >= 0.6 is 23.2 Å². The van der Waals surface area contributed by atoms with Gasteiger partial charge in [0.2, 0.25) is 0 Å². The molecule has 29 heavy (non-hydrogen) atoms. The maximum atomic E-state index is 6.15. The van der Waals surface area contributed by atoms with E-state index in [0.29, 0.717) is 13.2 Å². The standard InChI is InChI=1S/C23H35Cl2NO3/c1-6-18-16-20(27-15-12-21(24)25)17-19(7-2)22(18)28-14-11-9-8-10-13-26-29-23(3,4)5/h10,12-13,16-17,26H,6-9,11,14-15H2,1-5H3. The number of nitrogens with one attached hydrogen (secondary N) is 1. The second-order valence-electron chi connectivity index (χ2n) is 7.66. The van der Waals surface area contributed by atoms with E-state index in [-0.39, 0.29) is 10.1 Å². The number of hydroxylamine groups is 1. The predicted octanol–water partition coefficient (Wildman–Crippen LogP) is 6.89. The number of aryl methyl sites for hydroxylation is 2. The lowest BCUT2D eigenvalue weighted by Gasteiger charge is -2.17. The number of rotatable bonds is 13. The monoisotopic (exact) mass is 443 g/mol. The molecule has 1 N–H and O–H groups in total. The molecular weight excluding hydrogens is 409 g/mol. The maximum absolute atomic E-state index is 6.15. The molecule has 0 saturated carbocycles. The molecule has 0 heterocycles. The van der Waals surface area contributed by atoms with Crippen LogP contribution in [0.15, 0.2) is 35.0 Å². The molecule has 1 aromatic carbocycles. The van der Waals surface area contributed by atoms with Gasteiger partial charge >= 0.3 is 0 Å². The second kappa shape index (κ2) is 13.8. The highest BCUT2D eigenvalue weighted by Gasteiger charge is 2.11. The molecule has 0 unspecified atom stereocenters. The van der Waals surface area contributed by atoms with E-state index in [4.69, 9.17) is 37.5 Å². The Morgan fingerprint density at radius 3 is 2.24 bits per heavy atom. The smallest absolute Gasteiger partial charge is 0.125 e. The molecule has 0 aliphatic carbocycles. The van der Waals surface area contributed by atoms with Crippen molar-refractivity contribution in [1.82, 2.24) is 5.48 Å². The van der Waals surface area contributed by atoms with Crippen molar-refractivity contribution >= 4 is 23.2 Å². The first kappa shape index (κ1) is 25.7. The zero-order valence-corrected chi connectivity index (χ0v) is 19.8. The minimum atomic E-state index is -0.194. The molecule has 1 aromatic rings. The van der Waals surface area contributed by atoms with E-state index < -0.39 is 0 Å². The van der Waals surface area contributed by atoms with E-state index in [1.165, 1.54) is 0 Å². The van der Waals surface area contributed by atoms with Crippen molar-refractivity contribution in [1.29, 1.82) is 0 Å². The molecule has 0 atom stereocenters. The molecular formula is C23H35Cl2NO3. The van der Waals surface area contributed by atoms with Gasteiger partial charge in [0.1, 0.15) is 22.6 Å². The SMILES string of the molecule is CCc1cc(OCC=C(Cl)Cl)cc(CC)c1OCCCCC=CNOC(C)(C)C. The quantitative estimate of drug-likeness (QED) is 0.266. The van der Waals surface area contributed by atoms with Crippen LogP contribution < -0.4 is 15.0 Å². The number of halogens is 2. The topological polar surface area (TPSA) is 39.7 Å². The van der Waals surface area contributed by atoms with Crippen molar-refractivity contribution in [2.45, 2.75) is 72.3 Å². The molecule has 0 fully saturated rings. The molecule has 1 rings (SSSR count). The lowest BCUT2D eigenvalue weighted by molar-refractivity contribution is -0.0522. The number of ether oxygens (including phenoxy) is 2. The fraction of sp³-hybridized carbons (Fsp3) is 0.565. The van der Waals surface area contributed by atoms with Crippen molar-refractivity contribution in [2.75, 3.05) is 13.2 Å². The number of allylic oxidation sites excluding steroid dienone is 1. The highest BCUT2D eigenvalue weighted by atomic mass is 35.5. The summed E-state index contributed by atoms with van der Waals surface area (Å²) in [5.41, 5.74) is 4.97. The van der Waals surface area contributed by atoms with E-state index in [1.54, 1.807) is 6.08 Å². The van der Waals surface area contributed by atoms with Gasteiger partial charge in [-0.25, -0.2) is 0 Å². The van der Waals surface area contributed by atoms with Gasteiger partial charge in [0, 0.05) is 6.20 Å². The van der Waals surface area contributed by atoms with Crippen LogP contribution in [-0.4, -0.2) is 18.8 Å². The molecule has 0 bridgehead atoms. The lowest BCUT2D eigenvalue weighted by atomic mass is 10.0. The molecule has 6 heteroatoms. The van der Waals surface area contributed by atoms with Gasteiger partial charge in [-0.05, 0) is 82.2 Å². The molecule has 0 amide bonds. The number of unbranched alkanes of at least 4 members (excludes halogenated alkanes) is 2. The summed E-state index contributed by atoms with van der Waals surface area (Å²) in [6.45, 7) is 11.3. The third kappa shape index (κ3) is 11.4. The summed E-state index contributed by atoms with van der Waals surface area (Å²) in [4.78, 5) is 5.42. The Balaban J connectivity index is 2.50. The van der Waals surface area contributed by atoms with Crippen LogP contribution in [0.1, 0.15) is 65.0 Å². The second-order valence-corrected chi connectivity index (χ2v) is 8.67. The third-order valence-corrected chi connectivity index (χ3v) is 4.34. The average Bonchev–Trinajstić information content (AvgIpc) is 2.65. The van der Waals surface area contributed by atoms with E-state index in [2.05, 4.69) is 25.4 Å². The fourth-order valence-electron chi connectivity index (χ4n) is 2.60. The summed E-state index contributed by atoms with van der Waals surface area (Å²) >= 11 is 11.3. The number of hydrogen-bond donors (Lipinski definition) is 1. The predicted molar refractivity (Wildman–Crippen MR) is 123 cm³/mol. The maximum Gasteiger partial charge on any atom is 0.125 e. The highest BCUT2D eigenvalue weighted by molar-refractivity contribution is 6.55. The Kier molecular flexibility index (Phi) is 12.2. The van der Waals surface area contributed by atoms with Gasteiger partial charge in [-0.1, -0.05) is 43.1 Å². The highest BCUT2D eigenvalue weighted by Crippen LogP contribution is 2.31. The third-order valence-electron chi connectivity index (χ3n) is 4.03. The van der Waals surface area contributed by atoms with Gasteiger partial charge in [0.25, 0.3) is 0 Å². The zero-order chi connectivity index (χ0) is 21.7. The summed E-state index contributed by atoms with van der Waals surface area (Å²) in [5, 5.41) is 0. The van der Waals surface area contributed by atoms with Crippen LogP contribution in [-0.2, 0) is 17.7 Å². The fourth-order valence-corrected chi connectivity index (χ4v) is 2.72. The Morgan fingerprint density at radius 1 is 1.03 bits per heavy atom. The van der Waals surface area contributed by atoms with Crippen LogP contribution in [0.2, 0.25) is 0 Å². The Labute approximate surface area is 186 Å². The van der Waals surface area contributed by atoms with E-state index >= 15 is 0 Å². The molecule has 0 aliphatic heterocycles. The van der Waals surface area contributed by atoms with E-state index in [9.17, 15) is 0 Å². The normalized spacial score (nSPS) is 11.6. The largest absolute Gasteiger partial charge is 0.493 e. The van der Waals surface area contributed by atoms with Crippen LogP contribution in [0, 0.1) is 0 Å². The van der Waals surface area contributed by atoms with Gasteiger partial charge in [0.15, 0.2) is 0 Å². The first-order valence-electron chi connectivity index (χ1n) is 10.3. The minimum absolute atomic E-state index is 0.194. The van der Waals surface area contributed by atoms with Gasteiger partial charge in [-0.15, -0.1) is 0 Å². The summed E-state index contributed by atoms with van der Waals surface area (Å²) < 4.78 is 12.1. The summed E-state index contributed by atoms with van der Waals surface area (Å²) in [7, 11) is 0. The molecule has 0 radical (unpaired) electrons. The molecule has 0 aromatic heterocycles. The van der Waals surface area contributed by atoms with Crippen molar-refractivity contribution < 1.29 is 14.3 Å². The minimum Gasteiger partial charge on any atom is -0.493 e. The van der Waals surface area contributed by atoms with Gasteiger partial charge in [-0.2, -0.15) is 0 Å². The lowest BCUT2D eigenvalue weighted by Crippen LogP contribution is -2.25. The van der Waals surface area contributed by atoms with E-state index in [1.807, 2.05) is 39.1 Å². The van der Waals surface area contributed by atoms with Crippen LogP contribution in [0.4, 0.5) is 0 Å². The van der Waals surface area contributed by atoms with E-state index in [0.717, 1.165) is 54.7 Å². The van der Waals surface area contributed by atoms with Gasteiger partial charge in [-0.3, -0.25) is 10.3 Å². The van der Waals surface area contributed by atoms with Crippen molar-refractivity contribution in [3.63, 3.8) is 0 Å². The first-order valence-corrected chi connectivity index (χ1v) is 11.0. The summed E-state index contributed by atoms with van der Waals surface area (Å²) in [6, 6.07) is 4.07. The number of benzene rings is 1. The van der Waals surface area contributed by atoms with Crippen LogP contribution in [0.5, 0.6) is 11.5 Å². The molecule has 4 nitrogen and oxygen atoms in total. The Hall–Kier alpha value is -1.36. The van der Waals surface area contributed by atoms with Crippen LogP contribution in [0.3, 0.4) is 0 Å². The molecule has 164 valence electrons. The average molecular weight is 444 g/mol. The summed E-state index contributed by atoms with van der Waals surface area (Å²) in [6.07, 6.45) is 10.4. The molecule has 0 aliphatic rings. The zero-order valence-electron chi connectivity index (χ0n) is 18.3.